The predicted octanol–water partition coefficient (Wildman–Crippen LogP) is 0.668. The number of hydrogen-bond acceptors (Lipinski definition) is 4. The lowest BCUT2D eigenvalue weighted by Crippen LogP contribution is -2.24. The van der Waals surface area contributed by atoms with Gasteiger partial charge in [-0.25, -0.2) is 22.9 Å². The maximum absolute atomic E-state index is 11.9. The van der Waals surface area contributed by atoms with Crippen molar-refractivity contribution in [2.75, 3.05) is 6.54 Å². The minimum Gasteiger partial charge on any atom is -0.477 e. The molecule has 8 nitrogen and oxygen atoms in total. The standard InChI is InChI=1S/C12H16N4O4S/c17-12(18)11-7-10(8-14-11)21(19,20)15-3-1-2-5-16-6-4-13-9-16/h4,6-9,14-15H,1-3,5H2,(H,17,18). The van der Waals surface area contributed by atoms with Crippen molar-refractivity contribution in [2.45, 2.75) is 24.3 Å². The Morgan fingerprint density at radius 3 is 2.86 bits per heavy atom. The number of rotatable bonds is 8. The van der Waals surface area contributed by atoms with Gasteiger partial charge in [-0.1, -0.05) is 0 Å². The molecule has 2 aromatic rings. The normalized spacial score (nSPS) is 11.6. The Hall–Kier alpha value is -2.13. The van der Waals surface area contributed by atoms with Gasteiger partial charge < -0.3 is 14.7 Å². The summed E-state index contributed by atoms with van der Waals surface area (Å²) in [6.07, 6.45) is 7.89. The van der Waals surface area contributed by atoms with Gasteiger partial charge in [-0.15, -0.1) is 0 Å². The molecule has 0 spiro atoms. The van der Waals surface area contributed by atoms with Gasteiger partial charge >= 0.3 is 5.97 Å². The summed E-state index contributed by atoms with van der Waals surface area (Å²) in [5.41, 5.74) is -0.157. The van der Waals surface area contributed by atoms with Crippen LogP contribution in [0.5, 0.6) is 0 Å². The third kappa shape index (κ3) is 4.17. The summed E-state index contributed by atoms with van der Waals surface area (Å²) >= 11 is 0. The van der Waals surface area contributed by atoms with Crippen LogP contribution in [0.2, 0.25) is 0 Å². The Bertz CT molecular complexity index is 691. The largest absolute Gasteiger partial charge is 0.477 e. The molecule has 0 bridgehead atoms. The van der Waals surface area contributed by atoms with E-state index in [1.165, 1.54) is 0 Å². The van der Waals surface area contributed by atoms with E-state index in [9.17, 15) is 13.2 Å². The lowest BCUT2D eigenvalue weighted by Gasteiger charge is -2.05. The molecule has 0 saturated carbocycles. The Labute approximate surface area is 121 Å². The number of aromatic amines is 1. The van der Waals surface area contributed by atoms with Crippen LogP contribution in [0.1, 0.15) is 23.3 Å². The number of aryl methyl sites for hydroxylation is 1. The first-order chi connectivity index (χ1) is 9.99. The topological polar surface area (TPSA) is 117 Å². The summed E-state index contributed by atoms with van der Waals surface area (Å²) in [4.78, 5) is 16.9. The summed E-state index contributed by atoms with van der Waals surface area (Å²) < 4.78 is 28.2. The third-order valence-electron chi connectivity index (χ3n) is 2.89. The summed E-state index contributed by atoms with van der Waals surface area (Å²) in [5, 5.41) is 8.75. The van der Waals surface area contributed by atoms with Crippen molar-refractivity contribution < 1.29 is 18.3 Å². The van der Waals surface area contributed by atoms with Crippen molar-refractivity contribution in [3.8, 4) is 0 Å². The highest BCUT2D eigenvalue weighted by Gasteiger charge is 2.17. The van der Waals surface area contributed by atoms with Crippen molar-refractivity contribution in [1.29, 1.82) is 0 Å². The second kappa shape index (κ2) is 6.55. The highest BCUT2D eigenvalue weighted by atomic mass is 32.2. The molecule has 2 heterocycles. The molecule has 0 unspecified atom stereocenters. The molecule has 0 aliphatic carbocycles. The second-order valence-electron chi connectivity index (χ2n) is 4.46. The van der Waals surface area contributed by atoms with E-state index in [2.05, 4.69) is 14.7 Å². The van der Waals surface area contributed by atoms with Crippen molar-refractivity contribution in [3.63, 3.8) is 0 Å². The smallest absolute Gasteiger partial charge is 0.352 e. The van der Waals surface area contributed by atoms with Gasteiger partial charge in [0, 0.05) is 31.7 Å². The van der Waals surface area contributed by atoms with Crippen LogP contribution in [0, 0.1) is 0 Å². The van der Waals surface area contributed by atoms with Crippen LogP contribution in [0.3, 0.4) is 0 Å². The lowest BCUT2D eigenvalue weighted by atomic mass is 10.3. The van der Waals surface area contributed by atoms with Crippen LogP contribution in [-0.4, -0.2) is 40.6 Å². The van der Waals surface area contributed by atoms with Gasteiger partial charge in [0.15, 0.2) is 0 Å². The number of unbranched alkanes of at least 4 members (excludes halogenated alkanes) is 1. The van der Waals surface area contributed by atoms with Crippen LogP contribution in [-0.2, 0) is 16.6 Å². The Kier molecular flexibility index (Phi) is 4.76. The molecule has 0 radical (unpaired) electrons. The molecule has 0 aliphatic rings. The van der Waals surface area contributed by atoms with E-state index in [1.54, 1.807) is 12.5 Å². The number of imidazole rings is 1. The number of nitrogens with zero attached hydrogens (tertiary/aromatic N) is 2. The number of hydrogen-bond donors (Lipinski definition) is 3. The van der Waals surface area contributed by atoms with Gasteiger partial charge in [0.25, 0.3) is 0 Å². The first-order valence-corrected chi connectivity index (χ1v) is 7.84. The minimum absolute atomic E-state index is 0.0745. The third-order valence-corrected chi connectivity index (χ3v) is 4.33. The van der Waals surface area contributed by atoms with Crippen molar-refractivity contribution in [1.82, 2.24) is 19.3 Å². The quantitative estimate of drug-likeness (QED) is 0.619. The molecule has 9 heteroatoms. The molecule has 0 aromatic carbocycles. The molecular weight excluding hydrogens is 296 g/mol. The highest BCUT2D eigenvalue weighted by molar-refractivity contribution is 7.89. The number of aromatic carboxylic acids is 1. The van der Waals surface area contributed by atoms with E-state index in [1.807, 2.05) is 10.8 Å². The highest BCUT2D eigenvalue weighted by Crippen LogP contribution is 2.10. The fourth-order valence-electron chi connectivity index (χ4n) is 1.78. The van der Waals surface area contributed by atoms with Gasteiger partial charge in [0.2, 0.25) is 10.0 Å². The summed E-state index contributed by atoms with van der Waals surface area (Å²) in [5.74, 6) is -1.20. The minimum atomic E-state index is -3.67. The zero-order valence-electron chi connectivity index (χ0n) is 11.2. The van der Waals surface area contributed by atoms with E-state index in [-0.39, 0.29) is 10.6 Å². The fourth-order valence-corrected chi connectivity index (χ4v) is 2.85. The summed E-state index contributed by atoms with van der Waals surface area (Å²) in [6, 6.07) is 1.09. The van der Waals surface area contributed by atoms with Crippen molar-refractivity contribution in [2.24, 2.45) is 0 Å². The van der Waals surface area contributed by atoms with Crippen molar-refractivity contribution in [3.05, 3.63) is 36.7 Å². The van der Waals surface area contributed by atoms with E-state index in [4.69, 9.17) is 5.11 Å². The molecule has 3 N–H and O–H groups in total. The van der Waals surface area contributed by atoms with Gasteiger partial charge in [-0.05, 0) is 18.9 Å². The van der Waals surface area contributed by atoms with Crippen molar-refractivity contribution >= 4 is 16.0 Å². The zero-order chi connectivity index (χ0) is 15.3. The maximum atomic E-state index is 11.9. The predicted molar refractivity (Wildman–Crippen MR) is 74.4 cm³/mol. The van der Waals surface area contributed by atoms with Gasteiger partial charge in [-0.2, -0.15) is 0 Å². The first kappa shape index (κ1) is 15.3. The average molecular weight is 312 g/mol. The molecule has 21 heavy (non-hydrogen) atoms. The van der Waals surface area contributed by atoms with Crippen LogP contribution in [0.15, 0.2) is 35.9 Å². The number of sulfonamides is 1. The van der Waals surface area contributed by atoms with Gasteiger partial charge in [0.05, 0.1) is 6.33 Å². The monoisotopic (exact) mass is 312 g/mol. The molecule has 0 aliphatic heterocycles. The Morgan fingerprint density at radius 1 is 1.43 bits per heavy atom. The zero-order valence-corrected chi connectivity index (χ0v) is 12.0. The van der Waals surface area contributed by atoms with Crippen LogP contribution in [0.4, 0.5) is 0 Å². The molecule has 0 atom stereocenters. The molecule has 2 rings (SSSR count). The number of aromatic nitrogens is 3. The average Bonchev–Trinajstić information content (AvgIpc) is 3.09. The number of nitrogens with one attached hydrogen (secondary N) is 2. The van der Waals surface area contributed by atoms with E-state index in [0.717, 1.165) is 25.2 Å². The molecule has 0 fully saturated rings. The Balaban J connectivity index is 1.79. The van der Waals surface area contributed by atoms with E-state index < -0.39 is 16.0 Å². The lowest BCUT2D eigenvalue weighted by molar-refractivity contribution is 0.0691. The Morgan fingerprint density at radius 2 is 2.24 bits per heavy atom. The van der Waals surface area contributed by atoms with Gasteiger partial charge in [0.1, 0.15) is 10.6 Å². The summed E-state index contributed by atoms with van der Waals surface area (Å²) in [6.45, 7) is 1.07. The molecule has 114 valence electrons. The molecule has 2 aromatic heterocycles. The molecule has 0 amide bonds. The number of carboxylic acids is 1. The van der Waals surface area contributed by atoms with Crippen LogP contribution >= 0.6 is 0 Å². The summed E-state index contributed by atoms with van der Waals surface area (Å²) in [7, 11) is -3.67. The first-order valence-electron chi connectivity index (χ1n) is 6.36. The number of carboxylic acid groups (broad SMARTS) is 1. The second-order valence-corrected chi connectivity index (χ2v) is 6.23. The van der Waals surface area contributed by atoms with Crippen LogP contribution in [0.25, 0.3) is 0 Å². The van der Waals surface area contributed by atoms with Crippen LogP contribution < -0.4 is 4.72 Å². The number of carbonyl (C=O) groups is 1. The van der Waals surface area contributed by atoms with E-state index in [0.29, 0.717) is 13.0 Å². The van der Waals surface area contributed by atoms with E-state index >= 15 is 0 Å². The number of H-pyrrole nitrogens is 1. The van der Waals surface area contributed by atoms with Gasteiger partial charge in [-0.3, -0.25) is 0 Å². The maximum Gasteiger partial charge on any atom is 0.352 e. The molecule has 0 saturated heterocycles. The fraction of sp³-hybridized carbons (Fsp3) is 0.333. The molecular formula is C12H16N4O4S. The SMILES string of the molecule is O=C(O)c1cc(S(=O)(=O)NCCCCn2ccnc2)c[nH]1.